The van der Waals surface area contributed by atoms with Gasteiger partial charge in [0.1, 0.15) is 5.75 Å². The van der Waals surface area contributed by atoms with Crippen LogP contribution >= 0.6 is 11.8 Å². The van der Waals surface area contributed by atoms with Crippen LogP contribution in [0, 0.1) is 16.0 Å². The number of carbonyl (C=O) groups excluding carboxylic acids is 2. The normalized spacial score (nSPS) is 19.0. The number of hydrogen-bond acceptors (Lipinski definition) is 7. The molecule has 2 aliphatic carbocycles. The molecule has 0 saturated heterocycles. The Hall–Kier alpha value is -3.23. The number of allylic oxidation sites excluding steroid dienone is 2. The first-order valence-electron chi connectivity index (χ1n) is 17.2. The maximum Gasteiger partial charge on any atom is 0.359 e. The molecule has 0 radical (unpaired) electrons. The summed E-state index contributed by atoms with van der Waals surface area (Å²) < 4.78 is 0. The zero-order valence-electron chi connectivity index (χ0n) is 27.4. The van der Waals surface area contributed by atoms with Gasteiger partial charge < -0.3 is 10.2 Å². The molecule has 248 valence electrons. The highest BCUT2D eigenvalue weighted by molar-refractivity contribution is 7.99. The van der Waals surface area contributed by atoms with Gasteiger partial charge in [-0.15, -0.1) is 0 Å². The van der Waals surface area contributed by atoms with Crippen LogP contribution in [0.3, 0.4) is 0 Å². The Morgan fingerprint density at radius 1 is 0.804 bits per heavy atom. The van der Waals surface area contributed by atoms with Gasteiger partial charge >= 0.3 is 5.72 Å². The lowest BCUT2D eigenvalue weighted by molar-refractivity contribution is -0.617. The van der Waals surface area contributed by atoms with Gasteiger partial charge in [-0.1, -0.05) is 133 Å². The fourth-order valence-electron chi connectivity index (χ4n) is 6.72. The van der Waals surface area contributed by atoms with Crippen molar-refractivity contribution in [2.75, 3.05) is 0 Å². The number of aliphatic hydroxyl groups is 1. The van der Waals surface area contributed by atoms with Gasteiger partial charge in [-0.2, -0.15) is 0 Å². The van der Waals surface area contributed by atoms with E-state index in [9.17, 15) is 29.9 Å². The Labute approximate surface area is 277 Å². The standard InChI is InChI=1S/C38H49NO6S/c1-3-5-7-9-11-13-16-20-27-26-31(46-29-22-18-15-19-23-29)32-33(35(27)40)36(41)30-25-24-28(21-17-14-12-10-8-6-4-2)38(43,39(44)45)34(30)37(32)42/h15,18-19,22-26,34,40,43H,3-14,16-17,20-21H2,1-2H3. The zero-order chi connectivity index (χ0) is 33.1. The highest BCUT2D eigenvalue weighted by Gasteiger charge is 2.62. The number of aryl methyl sites for hydroxylation is 1. The number of phenols is 1. The number of nitrogens with zero attached hydrogens (tertiary/aromatic N) is 1. The van der Waals surface area contributed by atoms with E-state index in [0.717, 1.165) is 62.7 Å². The van der Waals surface area contributed by atoms with Gasteiger partial charge in [0, 0.05) is 26.5 Å². The smallest absolute Gasteiger partial charge is 0.359 e. The second-order valence-corrected chi connectivity index (χ2v) is 13.8. The number of ketones is 2. The average Bonchev–Trinajstić information content (AvgIpc) is 3.04. The summed E-state index contributed by atoms with van der Waals surface area (Å²) in [5.74, 6) is -3.27. The Morgan fingerprint density at radius 3 is 1.96 bits per heavy atom. The van der Waals surface area contributed by atoms with Gasteiger partial charge in [0.05, 0.1) is 10.5 Å². The van der Waals surface area contributed by atoms with E-state index in [1.165, 1.54) is 49.6 Å². The number of fused-ring (bicyclic) bond motifs is 2. The van der Waals surface area contributed by atoms with Crippen molar-refractivity contribution in [1.29, 1.82) is 0 Å². The molecule has 46 heavy (non-hydrogen) atoms. The van der Waals surface area contributed by atoms with Crippen LogP contribution in [0.25, 0.3) is 0 Å². The summed E-state index contributed by atoms with van der Waals surface area (Å²) in [6, 6.07) is 11.2. The van der Waals surface area contributed by atoms with E-state index in [1.54, 1.807) is 6.07 Å². The van der Waals surface area contributed by atoms with Crippen molar-refractivity contribution < 1.29 is 24.7 Å². The molecule has 2 aromatic carbocycles. The van der Waals surface area contributed by atoms with Crippen LogP contribution in [0.1, 0.15) is 136 Å². The summed E-state index contributed by atoms with van der Waals surface area (Å²) in [5, 5.41) is 35.8. The van der Waals surface area contributed by atoms with Gasteiger partial charge in [0.15, 0.2) is 17.5 Å². The summed E-state index contributed by atoms with van der Waals surface area (Å²) in [6.45, 7) is 4.35. The predicted molar refractivity (Wildman–Crippen MR) is 183 cm³/mol. The summed E-state index contributed by atoms with van der Waals surface area (Å²) in [4.78, 5) is 41.6. The molecule has 0 spiro atoms. The number of phenolic OH excluding ortho intramolecular Hbond substituents is 1. The van der Waals surface area contributed by atoms with Crippen molar-refractivity contribution in [2.45, 2.75) is 132 Å². The van der Waals surface area contributed by atoms with Crippen LogP contribution in [0.5, 0.6) is 5.75 Å². The zero-order valence-corrected chi connectivity index (χ0v) is 28.2. The molecule has 0 aliphatic heterocycles. The SMILES string of the molecule is CCCCCCCCCC1=CC=C2C(=O)c3c(O)c(CCCCCCCCC)cc(Sc4ccccc4)c3C(=O)C2C1(O)[N+](=O)[O-]. The molecule has 0 amide bonds. The van der Waals surface area contributed by atoms with Crippen LogP contribution in [-0.4, -0.2) is 32.4 Å². The minimum absolute atomic E-state index is 0.0423. The molecule has 2 unspecified atom stereocenters. The van der Waals surface area contributed by atoms with E-state index in [0.29, 0.717) is 23.3 Å². The topological polar surface area (TPSA) is 118 Å². The van der Waals surface area contributed by atoms with E-state index in [4.69, 9.17) is 0 Å². The number of Topliss-reactive ketones (excluding diaryl/α,β-unsaturated/α-hetero) is 2. The van der Waals surface area contributed by atoms with Crippen molar-refractivity contribution in [1.82, 2.24) is 0 Å². The monoisotopic (exact) mass is 647 g/mol. The number of nitro groups is 1. The minimum atomic E-state index is -2.74. The summed E-state index contributed by atoms with van der Waals surface area (Å²) in [6.07, 6.45) is 18.5. The van der Waals surface area contributed by atoms with Crippen LogP contribution in [0.2, 0.25) is 0 Å². The van der Waals surface area contributed by atoms with Crippen LogP contribution < -0.4 is 0 Å². The first kappa shape index (κ1) is 35.6. The highest BCUT2D eigenvalue weighted by Crippen LogP contribution is 2.49. The third kappa shape index (κ3) is 8.00. The molecule has 0 saturated carbocycles. The molecule has 8 heteroatoms. The van der Waals surface area contributed by atoms with Crippen molar-refractivity contribution in [3.8, 4) is 5.75 Å². The molecule has 0 bridgehead atoms. The number of benzene rings is 2. The lowest BCUT2D eigenvalue weighted by atomic mass is 9.67. The number of carbonyl (C=O) groups is 2. The first-order valence-corrected chi connectivity index (χ1v) is 18.1. The lowest BCUT2D eigenvalue weighted by Gasteiger charge is -2.36. The summed E-state index contributed by atoms with van der Waals surface area (Å²) in [5.41, 5.74) is -2.31. The highest BCUT2D eigenvalue weighted by atomic mass is 32.2. The van der Waals surface area contributed by atoms with Gasteiger partial charge in [0.25, 0.3) is 0 Å². The molecule has 2 N–H and O–H groups in total. The van der Waals surface area contributed by atoms with Crippen LogP contribution in [0.15, 0.2) is 69.5 Å². The van der Waals surface area contributed by atoms with Gasteiger partial charge in [-0.3, -0.25) is 19.7 Å². The van der Waals surface area contributed by atoms with E-state index in [-0.39, 0.29) is 34.4 Å². The largest absolute Gasteiger partial charge is 0.507 e. The minimum Gasteiger partial charge on any atom is -0.507 e. The van der Waals surface area contributed by atoms with Crippen molar-refractivity contribution >= 4 is 23.3 Å². The van der Waals surface area contributed by atoms with Gasteiger partial charge in [0.2, 0.25) is 0 Å². The quantitative estimate of drug-likeness (QED) is 0.0674. The molecule has 7 nitrogen and oxygen atoms in total. The number of aromatic hydroxyl groups is 1. The molecule has 2 aliphatic rings. The van der Waals surface area contributed by atoms with Crippen LogP contribution in [0.4, 0.5) is 0 Å². The molecule has 2 atom stereocenters. The van der Waals surface area contributed by atoms with Gasteiger partial charge in [-0.25, -0.2) is 0 Å². The fraction of sp³-hybridized carbons (Fsp3) is 0.526. The molecule has 0 fully saturated rings. The maximum atomic E-state index is 14.4. The third-order valence-corrected chi connectivity index (χ3v) is 10.4. The molecular formula is C38H49NO6S. The Bertz CT molecular complexity index is 1450. The maximum absolute atomic E-state index is 14.4. The third-order valence-electron chi connectivity index (χ3n) is 9.34. The number of rotatable bonds is 19. The van der Waals surface area contributed by atoms with Gasteiger partial charge in [-0.05, 0) is 49.4 Å². The Kier molecular flexibility index (Phi) is 13.2. The van der Waals surface area contributed by atoms with E-state index < -0.39 is 28.1 Å². The van der Waals surface area contributed by atoms with Crippen molar-refractivity contribution in [3.63, 3.8) is 0 Å². The molecule has 0 heterocycles. The molecule has 0 aromatic heterocycles. The Balaban J connectivity index is 1.67. The first-order chi connectivity index (χ1) is 22.2. The molecular weight excluding hydrogens is 598 g/mol. The molecule has 4 rings (SSSR count). The predicted octanol–water partition coefficient (Wildman–Crippen LogP) is 9.80. The number of unbranched alkanes of at least 4 members (excludes halogenated alkanes) is 12. The lowest BCUT2D eigenvalue weighted by Crippen LogP contribution is -2.55. The number of hydrogen-bond donors (Lipinski definition) is 2. The molecule has 2 aromatic rings. The van der Waals surface area contributed by atoms with Crippen molar-refractivity contribution in [3.05, 3.63) is 86.5 Å². The van der Waals surface area contributed by atoms with E-state index in [1.807, 2.05) is 30.3 Å². The fourth-order valence-corrected chi connectivity index (χ4v) is 7.77. The second kappa shape index (κ2) is 17.1. The Morgan fingerprint density at radius 2 is 1.37 bits per heavy atom. The summed E-state index contributed by atoms with van der Waals surface area (Å²) in [7, 11) is 0. The summed E-state index contributed by atoms with van der Waals surface area (Å²) >= 11 is 1.29. The van der Waals surface area contributed by atoms with E-state index >= 15 is 0 Å². The average molecular weight is 648 g/mol. The van der Waals surface area contributed by atoms with E-state index in [2.05, 4.69) is 13.8 Å². The second-order valence-electron chi connectivity index (χ2n) is 12.7. The van der Waals surface area contributed by atoms with Crippen LogP contribution in [-0.2, 0) is 6.42 Å². The van der Waals surface area contributed by atoms with Crippen molar-refractivity contribution in [2.24, 2.45) is 5.92 Å².